The number of nitrogens with zero attached hydrogens (tertiary/aromatic N) is 2. The van der Waals surface area contributed by atoms with Gasteiger partial charge in [0.25, 0.3) is 5.91 Å². The summed E-state index contributed by atoms with van der Waals surface area (Å²) >= 11 is 0. The van der Waals surface area contributed by atoms with Crippen LogP contribution in [0.2, 0.25) is 0 Å². The number of oxazole rings is 1. The van der Waals surface area contributed by atoms with Crippen LogP contribution in [-0.2, 0) is 4.79 Å². The number of nitrogens with one attached hydrogen (secondary N) is 2. The smallest absolute Gasteiger partial charge is 0.406 e. The van der Waals surface area contributed by atoms with Crippen LogP contribution in [0.1, 0.15) is 24.3 Å². The molecule has 0 saturated carbocycles. The van der Waals surface area contributed by atoms with E-state index in [0.717, 1.165) is 5.01 Å². The molecule has 1 aromatic heterocycles. The van der Waals surface area contributed by atoms with Crippen LogP contribution in [0, 0.1) is 5.82 Å². The number of para-hydroxylation sites is 1. The van der Waals surface area contributed by atoms with Crippen LogP contribution in [0.15, 0.2) is 58.6 Å². The van der Waals surface area contributed by atoms with Gasteiger partial charge in [-0.25, -0.2) is 19.8 Å². The molecule has 1 fully saturated rings. The monoisotopic (exact) mass is 432 g/mol. The van der Waals surface area contributed by atoms with E-state index < -0.39 is 36.0 Å². The van der Waals surface area contributed by atoms with Gasteiger partial charge in [-0.05, 0) is 24.6 Å². The summed E-state index contributed by atoms with van der Waals surface area (Å²) in [6.07, 6.45) is -5.58. The van der Waals surface area contributed by atoms with Crippen LogP contribution < -0.4 is 10.7 Å². The number of hydrogen-bond acceptors (Lipinski definition) is 5. The number of aromatic nitrogens is 1. The van der Waals surface area contributed by atoms with E-state index in [2.05, 4.69) is 15.7 Å². The summed E-state index contributed by atoms with van der Waals surface area (Å²) in [5.74, 6) is -2.61. The van der Waals surface area contributed by atoms with Crippen molar-refractivity contribution >= 4 is 22.6 Å². The molecule has 160 valence electrons. The lowest BCUT2D eigenvalue weighted by Crippen LogP contribution is -2.54. The number of alkyl halides is 3. The zero-order chi connectivity index (χ0) is 21.9. The van der Waals surface area contributed by atoms with E-state index in [0.29, 0.717) is 11.3 Å². The minimum Gasteiger partial charge on any atom is -0.436 e. The Morgan fingerprint density at radius 1 is 1.10 bits per heavy atom. The van der Waals surface area contributed by atoms with Crippen molar-refractivity contribution in [1.29, 1.82) is 0 Å². The molecule has 5 rings (SSSR count). The Labute approximate surface area is 173 Å². The molecule has 2 aromatic carbocycles. The first-order chi connectivity index (χ1) is 14.8. The molecule has 10 heteroatoms. The third-order valence-electron chi connectivity index (χ3n) is 5.55. The fourth-order valence-electron chi connectivity index (χ4n) is 4.17. The van der Waals surface area contributed by atoms with E-state index in [-0.39, 0.29) is 22.6 Å². The summed E-state index contributed by atoms with van der Waals surface area (Å²) in [6.45, 7) is 1.55. The number of allylic oxidation sites excluding steroid dienone is 1. The lowest BCUT2D eigenvalue weighted by atomic mass is 9.89. The van der Waals surface area contributed by atoms with Crippen molar-refractivity contribution in [2.24, 2.45) is 0 Å². The van der Waals surface area contributed by atoms with E-state index >= 15 is 0 Å². The molecule has 0 bridgehead atoms. The maximum atomic E-state index is 14.0. The summed E-state index contributed by atoms with van der Waals surface area (Å²) in [7, 11) is 0. The molecule has 31 heavy (non-hydrogen) atoms. The maximum absolute atomic E-state index is 14.0. The molecule has 3 unspecified atom stereocenters. The Bertz CT molecular complexity index is 1210. The van der Waals surface area contributed by atoms with E-state index in [1.54, 1.807) is 37.3 Å². The number of amides is 1. The molecule has 1 saturated heterocycles. The quantitative estimate of drug-likeness (QED) is 0.605. The van der Waals surface area contributed by atoms with Gasteiger partial charge in [0.1, 0.15) is 23.3 Å². The van der Waals surface area contributed by atoms with Gasteiger partial charge in [-0.3, -0.25) is 4.79 Å². The minimum atomic E-state index is -4.60. The molecule has 2 N–H and O–H groups in total. The van der Waals surface area contributed by atoms with Crippen molar-refractivity contribution in [3.63, 3.8) is 0 Å². The second kappa shape index (κ2) is 6.81. The molecule has 0 aliphatic carbocycles. The Hall–Kier alpha value is -3.40. The molecule has 3 heterocycles. The fourth-order valence-corrected chi connectivity index (χ4v) is 4.17. The molecular weight excluding hydrogens is 416 g/mol. The zero-order valence-electron chi connectivity index (χ0n) is 16.1. The highest BCUT2D eigenvalue weighted by Gasteiger charge is 2.58. The number of hydrazine groups is 1. The normalized spacial score (nSPS) is 24.0. The first-order valence-corrected chi connectivity index (χ1v) is 9.50. The van der Waals surface area contributed by atoms with Crippen LogP contribution in [0.3, 0.4) is 0 Å². The molecular formula is C21H16F4N4O2. The van der Waals surface area contributed by atoms with Crippen LogP contribution in [0.4, 0.5) is 17.6 Å². The van der Waals surface area contributed by atoms with Crippen LogP contribution in [-0.4, -0.2) is 34.3 Å². The lowest BCUT2D eigenvalue weighted by molar-refractivity contribution is -0.161. The van der Waals surface area contributed by atoms with Crippen LogP contribution >= 0.6 is 0 Å². The van der Waals surface area contributed by atoms with Crippen LogP contribution in [0.5, 0.6) is 0 Å². The number of benzene rings is 2. The fraction of sp³-hybridized carbons (Fsp3) is 0.238. The lowest BCUT2D eigenvalue weighted by Gasteiger charge is -2.34. The van der Waals surface area contributed by atoms with Crippen molar-refractivity contribution in [3.05, 3.63) is 71.5 Å². The Morgan fingerprint density at radius 3 is 2.52 bits per heavy atom. The van der Waals surface area contributed by atoms with Crippen molar-refractivity contribution in [2.75, 3.05) is 0 Å². The van der Waals surface area contributed by atoms with E-state index in [1.807, 2.05) is 0 Å². The van der Waals surface area contributed by atoms with Crippen molar-refractivity contribution in [2.45, 2.75) is 31.2 Å². The second-order valence-electron chi connectivity index (χ2n) is 7.45. The second-order valence-corrected chi connectivity index (χ2v) is 7.45. The van der Waals surface area contributed by atoms with Crippen LogP contribution in [0.25, 0.3) is 16.7 Å². The van der Waals surface area contributed by atoms with Crippen molar-refractivity contribution in [3.8, 4) is 0 Å². The van der Waals surface area contributed by atoms with E-state index in [1.165, 1.54) is 18.2 Å². The highest BCUT2D eigenvalue weighted by molar-refractivity contribution is 6.20. The van der Waals surface area contributed by atoms with Gasteiger partial charge in [0, 0.05) is 5.70 Å². The largest absolute Gasteiger partial charge is 0.436 e. The third kappa shape index (κ3) is 3.05. The van der Waals surface area contributed by atoms with Gasteiger partial charge in [0.15, 0.2) is 11.4 Å². The zero-order valence-corrected chi connectivity index (χ0v) is 16.1. The van der Waals surface area contributed by atoms with Gasteiger partial charge >= 0.3 is 6.18 Å². The third-order valence-corrected chi connectivity index (χ3v) is 5.55. The molecule has 0 spiro atoms. The minimum absolute atomic E-state index is 0.0579. The number of fused-ring (bicyclic) bond motifs is 2. The summed E-state index contributed by atoms with van der Waals surface area (Å²) in [5.41, 5.74) is 3.06. The predicted octanol–water partition coefficient (Wildman–Crippen LogP) is 3.69. The first-order valence-electron chi connectivity index (χ1n) is 9.50. The van der Waals surface area contributed by atoms with Gasteiger partial charge in [0.2, 0.25) is 5.89 Å². The SMILES string of the molecule is CC1=C(c2nc3c(F)cccc3o2)C(=O)N2NC(C(F)(F)F)C(c3ccccc3)C2N1. The Morgan fingerprint density at radius 2 is 1.84 bits per heavy atom. The number of hydrogen-bond donors (Lipinski definition) is 2. The standard InChI is InChI=1S/C21H16F4N4O2/c1-10-14(19-27-16-12(22)8-5-9-13(16)31-19)20(30)29-18(26-10)15(11-6-3-2-4-7-11)17(28-29)21(23,24)25/h2-9,15,17-18,26,28H,1H3. The topological polar surface area (TPSA) is 70.4 Å². The number of carbonyl (C=O) groups is 1. The molecule has 3 atom stereocenters. The summed E-state index contributed by atoms with van der Waals surface area (Å²) in [6, 6.07) is 10.4. The molecule has 2 aliphatic rings. The average Bonchev–Trinajstić information content (AvgIpc) is 3.31. The van der Waals surface area contributed by atoms with Gasteiger partial charge in [-0.1, -0.05) is 36.4 Å². The summed E-state index contributed by atoms with van der Waals surface area (Å²) in [4.78, 5) is 17.3. The first kappa shape index (κ1) is 19.6. The van der Waals surface area contributed by atoms with Crippen molar-refractivity contribution in [1.82, 2.24) is 20.7 Å². The molecule has 6 nitrogen and oxygen atoms in total. The molecule has 2 aliphatic heterocycles. The summed E-state index contributed by atoms with van der Waals surface area (Å²) < 4.78 is 61.1. The molecule has 0 radical (unpaired) electrons. The Kier molecular flexibility index (Phi) is 4.30. The van der Waals surface area contributed by atoms with Gasteiger partial charge in [-0.15, -0.1) is 0 Å². The van der Waals surface area contributed by atoms with E-state index in [4.69, 9.17) is 4.42 Å². The predicted molar refractivity (Wildman–Crippen MR) is 102 cm³/mol. The van der Waals surface area contributed by atoms with E-state index in [9.17, 15) is 22.4 Å². The Balaban J connectivity index is 1.59. The number of halogens is 4. The van der Waals surface area contributed by atoms with Gasteiger partial charge < -0.3 is 9.73 Å². The highest BCUT2D eigenvalue weighted by atomic mass is 19.4. The maximum Gasteiger partial charge on any atom is 0.406 e. The average molecular weight is 432 g/mol. The molecule has 3 aromatic rings. The van der Waals surface area contributed by atoms with Gasteiger partial charge in [0.05, 0.1) is 5.92 Å². The highest BCUT2D eigenvalue weighted by Crippen LogP contribution is 2.42. The number of rotatable bonds is 2. The van der Waals surface area contributed by atoms with Crippen molar-refractivity contribution < 1.29 is 26.8 Å². The molecule has 1 amide bonds. The number of carbonyl (C=O) groups excluding carboxylic acids is 1. The summed E-state index contributed by atoms with van der Waals surface area (Å²) in [5, 5.41) is 3.92. The van der Waals surface area contributed by atoms with Gasteiger partial charge in [-0.2, -0.15) is 13.2 Å².